The Morgan fingerprint density at radius 2 is 2.06 bits per heavy atom. The van der Waals surface area contributed by atoms with Gasteiger partial charge < -0.3 is 19.4 Å². The van der Waals surface area contributed by atoms with Gasteiger partial charge in [-0.3, -0.25) is 0 Å². The van der Waals surface area contributed by atoms with E-state index in [0.717, 1.165) is 0 Å². The summed E-state index contributed by atoms with van der Waals surface area (Å²) in [7, 11) is 3.78. The quantitative estimate of drug-likeness (QED) is 0.354. The largest absolute Gasteiger partial charge is 0.459 e. The molecule has 0 bridgehead atoms. The summed E-state index contributed by atoms with van der Waals surface area (Å²) in [6, 6.07) is 0. The second kappa shape index (κ2) is 6.62. The Bertz CT molecular complexity index is 250. The van der Waals surface area contributed by atoms with Crippen LogP contribution in [0.15, 0.2) is 12.2 Å². The average molecular weight is 232 g/mol. The van der Waals surface area contributed by atoms with Gasteiger partial charge in [-0.2, -0.15) is 0 Å². The number of aliphatic hydroxyl groups is 2. The van der Waals surface area contributed by atoms with Gasteiger partial charge in [0.25, 0.3) is 0 Å². The van der Waals surface area contributed by atoms with Crippen LogP contribution >= 0.6 is 0 Å². The van der Waals surface area contributed by atoms with Gasteiger partial charge in [-0.15, -0.1) is 0 Å². The van der Waals surface area contributed by atoms with Gasteiger partial charge in [-0.05, 0) is 6.92 Å². The molecule has 0 aliphatic rings. The Labute approximate surface area is 96.5 Å². The lowest BCUT2D eigenvalue weighted by atomic mass is 10.3. The summed E-state index contributed by atoms with van der Waals surface area (Å²) in [4.78, 5) is 11.1. The van der Waals surface area contributed by atoms with E-state index in [-0.39, 0.29) is 13.2 Å². The molecule has 5 nitrogen and oxygen atoms in total. The van der Waals surface area contributed by atoms with Crippen molar-refractivity contribution >= 4 is 5.97 Å². The zero-order valence-corrected chi connectivity index (χ0v) is 10.3. The standard InChI is InChI=1S/C11H22NO4/c1-9(2)11(15)16-8-10(14)7-12(3,4)5-6-13/h10,13-14H,1,5-8H2,2-4H3/q+1. The number of carbonyl (C=O) groups excluding carboxylic acids is 1. The number of quaternary nitrogens is 1. The van der Waals surface area contributed by atoms with Crippen molar-refractivity contribution in [2.75, 3.05) is 40.4 Å². The van der Waals surface area contributed by atoms with Gasteiger partial charge in [-0.1, -0.05) is 6.58 Å². The Morgan fingerprint density at radius 1 is 1.50 bits per heavy atom. The van der Waals surface area contributed by atoms with Crippen LogP contribution in [-0.4, -0.2) is 67.2 Å². The number of rotatable bonds is 7. The highest BCUT2D eigenvalue weighted by Gasteiger charge is 2.21. The SMILES string of the molecule is C=C(C)C(=O)OCC(O)C[N+](C)(C)CCO. The summed E-state index contributed by atoms with van der Waals surface area (Å²) in [5.41, 5.74) is 0.316. The lowest BCUT2D eigenvalue weighted by molar-refractivity contribution is -0.893. The molecule has 0 spiro atoms. The number of hydrogen-bond donors (Lipinski definition) is 2. The van der Waals surface area contributed by atoms with Crippen molar-refractivity contribution in [3.8, 4) is 0 Å². The van der Waals surface area contributed by atoms with Crippen molar-refractivity contribution in [3.63, 3.8) is 0 Å². The van der Waals surface area contributed by atoms with Crippen LogP contribution < -0.4 is 0 Å². The molecule has 0 heterocycles. The van der Waals surface area contributed by atoms with Crippen molar-refractivity contribution in [2.24, 2.45) is 0 Å². The highest BCUT2D eigenvalue weighted by Crippen LogP contribution is 2.01. The summed E-state index contributed by atoms with van der Waals surface area (Å²) >= 11 is 0. The van der Waals surface area contributed by atoms with E-state index < -0.39 is 12.1 Å². The monoisotopic (exact) mass is 232 g/mol. The molecule has 0 aliphatic heterocycles. The van der Waals surface area contributed by atoms with Crippen LogP contribution in [0.25, 0.3) is 0 Å². The van der Waals surface area contributed by atoms with Crippen LogP contribution in [0.2, 0.25) is 0 Å². The number of aliphatic hydroxyl groups excluding tert-OH is 2. The molecule has 0 amide bonds. The zero-order chi connectivity index (χ0) is 12.8. The fourth-order valence-corrected chi connectivity index (χ4v) is 1.28. The summed E-state index contributed by atoms with van der Waals surface area (Å²) in [5.74, 6) is -0.494. The Balaban J connectivity index is 3.95. The van der Waals surface area contributed by atoms with Crippen LogP contribution in [0.3, 0.4) is 0 Å². The van der Waals surface area contributed by atoms with Crippen molar-refractivity contribution < 1.29 is 24.2 Å². The molecule has 94 valence electrons. The minimum Gasteiger partial charge on any atom is -0.459 e. The van der Waals surface area contributed by atoms with Gasteiger partial charge in [0, 0.05) is 5.57 Å². The molecule has 0 saturated carbocycles. The van der Waals surface area contributed by atoms with E-state index in [0.29, 0.717) is 23.1 Å². The fourth-order valence-electron chi connectivity index (χ4n) is 1.28. The molecule has 0 aromatic heterocycles. The maximum atomic E-state index is 11.1. The van der Waals surface area contributed by atoms with E-state index in [1.807, 2.05) is 14.1 Å². The van der Waals surface area contributed by atoms with Gasteiger partial charge in [0.15, 0.2) is 0 Å². The molecule has 2 N–H and O–H groups in total. The maximum absolute atomic E-state index is 11.1. The van der Waals surface area contributed by atoms with Gasteiger partial charge in [0.1, 0.15) is 25.8 Å². The molecule has 0 aromatic rings. The molecule has 0 radical (unpaired) electrons. The Kier molecular flexibility index (Phi) is 6.25. The molecular weight excluding hydrogens is 210 g/mol. The van der Waals surface area contributed by atoms with E-state index in [9.17, 15) is 9.90 Å². The summed E-state index contributed by atoms with van der Waals surface area (Å²) in [6.45, 7) is 5.99. The number of ether oxygens (including phenoxy) is 1. The third kappa shape index (κ3) is 6.55. The topological polar surface area (TPSA) is 66.8 Å². The first-order valence-electron chi connectivity index (χ1n) is 5.22. The minimum atomic E-state index is -0.732. The molecule has 0 aromatic carbocycles. The van der Waals surface area contributed by atoms with Crippen molar-refractivity contribution in [1.82, 2.24) is 0 Å². The fraction of sp³-hybridized carbons (Fsp3) is 0.727. The van der Waals surface area contributed by atoms with Gasteiger partial charge in [0.2, 0.25) is 0 Å². The van der Waals surface area contributed by atoms with E-state index in [1.165, 1.54) is 0 Å². The molecule has 0 aliphatic carbocycles. The Hall–Kier alpha value is -0.910. The van der Waals surface area contributed by atoms with Crippen LogP contribution in [0.1, 0.15) is 6.92 Å². The number of nitrogens with zero attached hydrogens (tertiary/aromatic N) is 1. The molecule has 5 heteroatoms. The predicted molar refractivity (Wildman–Crippen MR) is 60.7 cm³/mol. The van der Waals surface area contributed by atoms with Crippen molar-refractivity contribution in [2.45, 2.75) is 13.0 Å². The molecule has 0 saturated heterocycles. The summed E-state index contributed by atoms with van der Waals surface area (Å²) < 4.78 is 5.30. The molecule has 1 unspecified atom stereocenters. The summed E-state index contributed by atoms with van der Waals surface area (Å²) in [6.07, 6.45) is -0.732. The van der Waals surface area contributed by atoms with Gasteiger partial charge in [-0.25, -0.2) is 4.79 Å². The van der Waals surface area contributed by atoms with Crippen molar-refractivity contribution in [1.29, 1.82) is 0 Å². The van der Waals surface area contributed by atoms with Crippen LogP contribution in [0.5, 0.6) is 0 Å². The van der Waals surface area contributed by atoms with Crippen LogP contribution in [0.4, 0.5) is 0 Å². The van der Waals surface area contributed by atoms with Gasteiger partial charge >= 0.3 is 5.97 Å². The van der Waals surface area contributed by atoms with Crippen LogP contribution in [-0.2, 0) is 9.53 Å². The van der Waals surface area contributed by atoms with E-state index in [2.05, 4.69) is 6.58 Å². The third-order valence-electron chi connectivity index (χ3n) is 2.17. The summed E-state index contributed by atoms with van der Waals surface area (Å²) in [5, 5.41) is 18.4. The second-order valence-electron chi connectivity index (χ2n) is 4.60. The number of carbonyl (C=O) groups is 1. The first-order valence-corrected chi connectivity index (χ1v) is 5.22. The lowest BCUT2D eigenvalue weighted by Crippen LogP contribution is -2.48. The third-order valence-corrected chi connectivity index (χ3v) is 2.17. The second-order valence-corrected chi connectivity index (χ2v) is 4.60. The number of esters is 1. The predicted octanol–water partition coefficient (Wildman–Crippen LogP) is -0.465. The van der Waals surface area contributed by atoms with Crippen LogP contribution in [0, 0.1) is 0 Å². The molecular formula is C11H22NO4+. The van der Waals surface area contributed by atoms with E-state index in [1.54, 1.807) is 6.92 Å². The lowest BCUT2D eigenvalue weighted by Gasteiger charge is -2.30. The minimum absolute atomic E-state index is 0.0429. The smallest absolute Gasteiger partial charge is 0.333 e. The molecule has 1 atom stereocenters. The maximum Gasteiger partial charge on any atom is 0.333 e. The molecule has 0 rings (SSSR count). The normalized spacial score (nSPS) is 13.3. The van der Waals surface area contributed by atoms with E-state index in [4.69, 9.17) is 9.84 Å². The highest BCUT2D eigenvalue weighted by atomic mass is 16.5. The van der Waals surface area contributed by atoms with Gasteiger partial charge in [0.05, 0.1) is 20.7 Å². The number of likely N-dealkylation sites (N-methyl/N-ethyl adjacent to an activating group) is 1. The molecule has 0 fully saturated rings. The highest BCUT2D eigenvalue weighted by molar-refractivity contribution is 5.86. The first-order chi connectivity index (χ1) is 7.28. The van der Waals surface area contributed by atoms with E-state index >= 15 is 0 Å². The Morgan fingerprint density at radius 3 is 2.50 bits per heavy atom. The zero-order valence-electron chi connectivity index (χ0n) is 10.3. The number of hydrogen-bond acceptors (Lipinski definition) is 4. The first kappa shape index (κ1) is 15.1. The average Bonchev–Trinajstić information content (AvgIpc) is 2.12. The van der Waals surface area contributed by atoms with Crippen molar-refractivity contribution in [3.05, 3.63) is 12.2 Å². The molecule has 16 heavy (non-hydrogen) atoms.